The van der Waals surface area contributed by atoms with E-state index in [1.165, 1.54) is 13.2 Å². The molecule has 0 bridgehead atoms. The predicted octanol–water partition coefficient (Wildman–Crippen LogP) is 4.34. The van der Waals surface area contributed by atoms with Crippen molar-refractivity contribution in [1.29, 1.82) is 0 Å². The Bertz CT molecular complexity index is 1190. The van der Waals surface area contributed by atoms with Gasteiger partial charge in [0, 0.05) is 23.7 Å². The molecule has 0 aliphatic carbocycles. The molecule has 0 saturated carbocycles. The summed E-state index contributed by atoms with van der Waals surface area (Å²) in [5.74, 6) is -0.375. The molecule has 27 heavy (non-hydrogen) atoms. The van der Waals surface area contributed by atoms with E-state index in [1.54, 1.807) is 24.3 Å². The van der Waals surface area contributed by atoms with Gasteiger partial charge in [0.1, 0.15) is 5.58 Å². The lowest BCUT2D eigenvalue weighted by Crippen LogP contribution is -2.06. The van der Waals surface area contributed by atoms with Crippen molar-refractivity contribution in [1.82, 2.24) is 0 Å². The summed E-state index contributed by atoms with van der Waals surface area (Å²) in [4.78, 5) is 23.5. The maximum Gasteiger partial charge on any atom is 0.337 e. The van der Waals surface area contributed by atoms with Crippen LogP contribution < -0.4 is 10.9 Å². The van der Waals surface area contributed by atoms with Crippen LogP contribution in [0.15, 0.2) is 75.9 Å². The summed E-state index contributed by atoms with van der Waals surface area (Å²) in [5.41, 5.74) is 2.37. The summed E-state index contributed by atoms with van der Waals surface area (Å²) in [5, 5.41) is 6.34. The van der Waals surface area contributed by atoms with E-state index in [0.717, 1.165) is 27.4 Å². The Balaban J connectivity index is 1.70. The van der Waals surface area contributed by atoms with Crippen LogP contribution >= 0.6 is 0 Å². The summed E-state index contributed by atoms with van der Waals surface area (Å²) >= 11 is 0. The van der Waals surface area contributed by atoms with Crippen molar-refractivity contribution in [3.05, 3.63) is 88.3 Å². The molecule has 4 aromatic rings. The monoisotopic (exact) mass is 359 g/mol. The number of anilines is 1. The molecule has 4 rings (SSSR count). The average Bonchev–Trinajstić information content (AvgIpc) is 2.71. The number of benzene rings is 3. The zero-order valence-corrected chi connectivity index (χ0v) is 14.7. The fraction of sp³-hybridized carbons (Fsp3) is 0.0909. The van der Waals surface area contributed by atoms with Crippen LogP contribution in [0.25, 0.3) is 21.7 Å². The first-order valence-electron chi connectivity index (χ1n) is 8.52. The Kier molecular flexibility index (Phi) is 4.34. The van der Waals surface area contributed by atoms with E-state index in [2.05, 4.69) is 5.32 Å². The first-order chi connectivity index (χ1) is 13.2. The third-order valence-electron chi connectivity index (χ3n) is 4.50. The molecule has 3 aromatic carbocycles. The topological polar surface area (TPSA) is 68.5 Å². The number of hydrogen-bond acceptors (Lipinski definition) is 5. The SMILES string of the molecule is COC(=O)c1ccc(NCc2cc(=O)oc3ccc4ccccc4c23)cc1. The van der Waals surface area contributed by atoms with Gasteiger partial charge in [-0.2, -0.15) is 0 Å². The number of nitrogens with one attached hydrogen (secondary N) is 1. The first kappa shape index (κ1) is 16.8. The molecule has 0 radical (unpaired) electrons. The van der Waals surface area contributed by atoms with Gasteiger partial charge in [-0.3, -0.25) is 0 Å². The van der Waals surface area contributed by atoms with Gasteiger partial charge in [-0.1, -0.05) is 30.3 Å². The maximum atomic E-state index is 12.0. The van der Waals surface area contributed by atoms with Crippen LogP contribution in [0.2, 0.25) is 0 Å². The predicted molar refractivity (Wildman–Crippen MR) is 105 cm³/mol. The minimum absolute atomic E-state index is 0.375. The van der Waals surface area contributed by atoms with Gasteiger partial charge in [0.05, 0.1) is 12.7 Å². The van der Waals surface area contributed by atoms with Gasteiger partial charge in [-0.25, -0.2) is 9.59 Å². The van der Waals surface area contributed by atoms with Gasteiger partial charge in [-0.05, 0) is 46.7 Å². The van der Waals surface area contributed by atoms with Crippen molar-refractivity contribution >= 4 is 33.4 Å². The Labute approximate surface area is 155 Å². The van der Waals surface area contributed by atoms with Crippen molar-refractivity contribution in [2.45, 2.75) is 6.54 Å². The van der Waals surface area contributed by atoms with Gasteiger partial charge in [0.25, 0.3) is 0 Å². The number of methoxy groups -OCH3 is 1. The number of carbonyl (C=O) groups excluding carboxylic acids is 1. The highest BCUT2D eigenvalue weighted by molar-refractivity contribution is 6.07. The van der Waals surface area contributed by atoms with Crippen LogP contribution in [0, 0.1) is 0 Å². The van der Waals surface area contributed by atoms with Crippen LogP contribution in [0.3, 0.4) is 0 Å². The molecule has 0 atom stereocenters. The molecule has 134 valence electrons. The average molecular weight is 359 g/mol. The number of rotatable bonds is 4. The molecular weight excluding hydrogens is 342 g/mol. The number of hydrogen-bond donors (Lipinski definition) is 1. The Morgan fingerprint density at radius 2 is 1.81 bits per heavy atom. The zero-order valence-electron chi connectivity index (χ0n) is 14.7. The minimum atomic E-state index is -0.379. The van der Waals surface area contributed by atoms with Gasteiger partial charge >= 0.3 is 11.6 Å². The quantitative estimate of drug-likeness (QED) is 0.333. The normalized spacial score (nSPS) is 10.9. The molecule has 0 spiro atoms. The first-order valence-corrected chi connectivity index (χ1v) is 8.52. The second-order valence-corrected chi connectivity index (χ2v) is 6.17. The number of carbonyl (C=O) groups is 1. The second kappa shape index (κ2) is 6.96. The fourth-order valence-corrected chi connectivity index (χ4v) is 3.20. The highest BCUT2D eigenvalue weighted by atomic mass is 16.5. The third-order valence-corrected chi connectivity index (χ3v) is 4.50. The van der Waals surface area contributed by atoms with E-state index in [0.29, 0.717) is 17.7 Å². The standard InChI is InChI=1S/C22H17NO4/c1-26-22(25)15-6-9-17(10-7-15)23-13-16-12-20(24)27-19-11-8-14-4-2-3-5-18(14)21(16)19/h2-12,23H,13H2,1H3. The summed E-state index contributed by atoms with van der Waals surface area (Å²) in [7, 11) is 1.35. The van der Waals surface area contributed by atoms with Gasteiger partial charge in [0.15, 0.2) is 0 Å². The van der Waals surface area contributed by atoms with Crippen molar-refractivity contribution in [2.75, 3.05) is 12.4 Å². The maximum absolute atomic E-state index is 12.0. The van der Waals surface area contributed by atoms with Crippen molar-refractivity contribution in [3.63, 3.8) is 0 Å². The third kappa shape index (κ3) is 3.27. The highest BCUT2D eigenvalue weighted by Crippen LogP contribution is 2.27. The van der Waals surface area contributed by atoms with Crippen LogP contribution in [0.5, 0.6) is 0 Å². The van der Waals surface area contributed by atoms with E-state index < -0.39 is 0 Å². The molecule has 1 N–H and O–H groups in total. The zero-order chi connectivity index (χ0) is 18.8. The molecule has 0 saturated heterocycles. The molecule has 0 fully saturated rings. The summed E-state index contributed by atoms with van der Waals surface area (Å²) in [6.45, 7) is 0.452. The smallest absolute Gasteiger partial charge is 0.337 e. The molecule has 1 aromatic heterocycles. The number of esters is 1. The van der Waals surface area contributed by atoms with E-state index in [9.17, 15) is 9.59 Å². The van der Waals surface area contributed by atoms with E-state index >= 15 is 0 Å². The fourth-order valence-electron chi connectivity index (χ4n) is 3.20. The Hall–Kier alpha value is -3.60. The number of ether oxygens (including phenoxy) is 1. The number of fused-ring (bicyclic) bond motifs is 3. The Morgan fingerprint density at radius 3 is 2.59 bits per heavy atom. The largest absolute Gasteiger partial charge is 0.465 e. The molecular formula is C22H17NO4. The minimum Gasteiger partial charge on any atom is -0.465 e. The van der Waals surface area contributed by atoms with Crippen molar-refractivity contribution < 1.29 is 13.9 Å². The molecule has 0 aliphatic rings. The molecule has 1 heterocycles. The van der Waals surface area contributed by atoms with Crippen molar-refractivity contribution in [3.8, 4) is 0 Å². The molecule has 5 nitrogen and oxygen atoms in total. The van der Waals surface area contributed by atoms with Gasteiger partial charge < -0.3 is 14.5 Å². The van der Waals surface area contributed by atoms with Gasteiger partial charge in [0.2, 0.25) is 0 Å². The molecule has 5 heteroatoms. The van der Waals surface area contributed by atoms with Crippen molar-refractivity contribution in [2.24, 2.45) is 0 Å². The van der Waals surface area contributed by atoms with E-state index in [-0.39, 0.29) is 11.6 Å². The lowest BCUT2D eigenvalue weighted by Gasteiger charge is -2.11. The second-order valence-electron chi connectivity index (χ2n) is 6.17. The molecule has 0 unspecified atom stereocenters. The van der Waals surface area contributed by atoms with Crippen LogP contribution in [-0.2, 0) is 11.3 Å². The van der Waals surface area contributed by atoms with Gasteiger partial charge in [-0.15, -0.1) is 0 Å². The lowest BCUT2D eigenvalue weighted by atomic mass is 10.0. The molecule has 0 amide bonds. The van der Waals surface area contributed by atoms with Crippen LogP contribution in [0.1, 0.15) is 15.9 Å². The highest BCUT2D eigenvalue weighted by Gasteiger charge is 2.10. The van der Waals surface area contributed by atoms with E-state index in [1.807, 2.05) is 36.4 Å². The Morgan fingerprint density at radius 1 is 1.04 bits per heavy atom. The summed E-state index contributed by atoms with van der Waals surface area (Å²) in [6, 6.07) is 20.3. The van der Waals surface area contributed by atoms with Crippen LogP contribution in [0.4, 0.5) is 5.69 Å². The molecule has 0 aliphatic heterocycles. The van der Waals surface area contributed by atoms with Crippen LogP contribution in [-0.4, -0.2) is 13.1 Å². The summed E-state index contributed by atoms with van der Waals surface area (Å²) in [6.07, 6.45) is 0. The summed E-state index contributed by atoms with van der Waals surface area (Å²) < 4.78 is 10.1. The van der Waals surface area contributed by atoms with E-state index in [4.69, 9.17) is 9.15 Å². The lowest BCUT2D eigenvalue weighted by molar-refractivity contribution is 0.0601.